The lowest BCUT2D eigenvalue weighted by Crippen LogP contribution is -1.92. The predicted octanol–water partition coefficient (Wildman–Crippen LogP) is 4.32. The van der Waals surface area contributed by atoms with E-state index in [0.29, 0.717) is 0 Å². The van der Waals surface area contributed by atoms with Gasteiger partial charge in [0.1, 0.15) is 11.5 Å². The molecule has 19 heavy (non-hydrogen) atoms. The zero-order valence-corrected chi connectivity index (χ0v) is 11.8. The van der Waals surface area contributed by atoms with Crippen molar-refractivity contribution in [1.82, 2.24) is 0 Å². The van der Waals surface area contributed by atoms with E-state index in [1.807, 2.05) is 24.3 Å². The Labute approximate surface area is 115 Å². The third kappa shape index (κ3) is 3.08. The summed E-state index contributed by atoms with van der Waals surface area (Å²) in [5.74, 6) is 1.76. The maximum atomic E-state index is 5.47. The highest BCUT2D eigenvalue weighted by atomic mass is 16.5. The molecule has 0 saturated heterocycles. The summed E-state index contributed by atoms with van der Waals surface area (Å²) in [5, 5.41) is 0. The molecule has 2 aromatic carbocycles. The van der Waals surface area contributed by atoms with Crippen molar-refractivity contribution in [3.63, 3.8) is 0 Å². The number of aryl methyl sites for hydroxylation is 1. The van der Waals surface area contributed by atoms with Crippen LogP contribution in [0.1, 0.15) is 18.9 Å². The topological polar surface area (TPSA) is 18.5 Å². The molecular weight excluding hydrogens is 236 g/mol. The van der Waals surface area contributed by atoms with Gasteiger partial charge in [-0.05, 0) is 41.8 Å². The van der Waals surface area contributed by atoms with Gasteiger partial charge in [0.2, 0.25) is 0 Å². The minimum atomic E-state index is 0.862. The summed E-state index contributed by atoms with van der Waals surface area (Å²) in [6.07, 6.45) is 2.23. The van der Waals surface area contributed by atoms with Gasteiger partial charge >= 0.3 is 0 Å². The lowest BCUT2D eigenvalue weighted by molar-refractivity contribution is 0.413. The zero-order valence-electron chi connectivity index (χ0n) is 11.8. The van der Waals surface area contributed by atoms with Crippen molar-refractivity contribution in [3.8, 4) is 22.6 Å². The van der Waals surface area contributed by atoms with Gasteiger partial charge in [-0.3, -0.25) is 0 Å². The number of hydrogen-bond acceptors (Lipinski definition) is 2. The van der Waals surface area contributed by atoms with E-state index in [4.69, 9.17) is 9.47 Å². The molecule has 0 N–H and O–H groups in total. The number of ether oxygens (including phenoxy) is 2. The Hall–Kier alpha value is -1.96. The van der Waals surface area contributed by atoms with Gasteiger partial charge in [0.25, 0.3) is 0 Å². The van der Waals surface area contributed by atoms with Crippen LogP contribution in [0.4, 0.5) is 0 Å². The normalized spacial score (nSPS) is 10.3. The zero-order chi connectivity index (χ0) is 13.7. The second kappa shape index (κ2) is 6.28. The number of rotatable bonds is 5. The van der Waals surface area contributed by atoms with E-state index < -0.39 is 0 Å². The molecule has 0 aromatic heterocycles. The maximum Gasteiger partial charge on any atom is 0.126 e. The highest BCUT2D eigenvalue weighted by molar-refractivity contribution is 5.72. The van der Waals surface area contributed by atoms with Gasteiger partial charge in [0, 0.05) is 5.56 Å². The molecule has 100 valence electrons. The van der Waals surface area contributed by atoms with Crippen molar-refractivity contribution in [1.29, 1.82) is 0 Å². The number of hydrogen-bond donors (Lipinski definition) is 0. The number of benzene rings is 2. The van der Waals surface area contributed by atoms with Gasteiger partial charge in [0.05, 0.1) is 14.2 Å². The molecule has 0 amide bonds. The van der Waals surface area contributed by atoms with E-state index in [2.05, 4.69) is 25.1 Å². The molecule has 0 aliphatic heterocycles. The fraction of sp³-hybridized carbons (Fsp3) is 0.294. The van der Waals surface area contributed by atoms with Gasteiger partial charge in [-0.25, -0.2) is 0 Å². The average Bonchev–Trinajstić information content (AvgIpc) is 2.47. The lowest BCUT2D eigenvalue weighted by Gasteiger charge is -2.12. The molecule has 0 spiro atoms. The van der Waals surface area contributed by atoms with Crippen molar-refractivity contribution in [2.45, 2.75) is 19.8 Å². The van der Waals surface area contributed by atoms with Gasteiger partial charge in [0.15, 0.2) is 0 Å². The van der Waals surface area contributed by atoms with Gasteiger partial charge in [-0.2, -0.15) is 0 Å². The van der Waals surface area contributed by atoms with Gasteiger partial charge in [-0.1, -0.05) is 31.5 Å². The summed E-state index contributed by atoms with van der Waals surface area (Å²) < 4.78 is 10.8. The minimum Gasteiger partial charge on any atom is -0.497 e. The smallest absolute Gasteiger partial charge is 0.126 e. The van der Waals surface area contributed by atoms with Crippen LogP contribution in [0.2, 0.25) is 0 Å². The van der Waals surface area contributed by atoms with Crippen LogP contribution in [0.5, 0.6) is 11.5 Å². The van der Waals surface area contributed by atoms with Crippen LogP contribution in [0, 0.1) is 0 Å². The van der Waals surface area contributed by atoms with Crippen molar-refractivity contribution in [2.24, 2.45) is 0 Å². The lowest BCUT2D eigenvalue weighted by atomic mass is 10.00. The number of methoxy groups -OCH3 is 2. The molecule has 2 aromatic rings. The predicted molar refractivity (Wildman–Crippen MR) is 79.0 cm³/mol. The molecule has 2 heteroatoms. The first-order chi connectivity index (χ1) is 9.28. The summed E-state index contributed by atoms with van der Waals surface area (Å²) in [4.78, 5) is 0. The standard InChI is InChI=1S/C17H20O2/c1-4-6-13-9-10-17(19-3)16(11-13)14-7-5-8-15(12-14)18-2/h5,7-12H,4,6H2,1-3H3. The molecule has 0 fully saturated rings. The van der Waals surface area contributed by atoms with E-state index >= 15 is 0 Å². The highest BCUT2D eigenvalue weighted by Gasteiger charge is 2.08. The van der Waals surface area contributed by atoms with Crippen LogP contribution in [0.25, 0.3) is 11.1 Å². The SMILES string of the molecule is CCCc1ccc(OC)c(-c2cccc(OC)c2)c1. The third-order valence-corrected chi connectivity index (χ3v) is 3.18. The van der Waals surface area contributed by atoms with Crippen LogP contribution in [-0.2, 0) is 6.42 Å². The van der Waals surface area contributed by atoms with E-state index in [1.54, 1.807) is 14.2 Å². The van der Waals surface area contributed by atoms with Crippen LogP contribution in [-0.4, -0.2) is 14.2 Å². The molecule has 0 heterocycles. The highest BCUT2D eigenvalue weighted by Crippen LogP contribution is 2.33. The Morgan fingerprint density at radius 1 is 0.947 bits per heavy atom. The van der Waals surface area contributed by atoms with Gasteiger partial charge in [-0.15, -0.1) is 0 Å². The van der Waals surface area contributed by atoms with Crippen LogP contribution in [0.3, 0.4) is 0 Å². The maximum absolute atomic E-state index is 5.47. The van der Waals surface area contributed by atoms with Gasteiger partial charge < -0.3 is 9.47 Å². The summed E-state index contributed by atoms with van der Waals surface area (Å²) >= 11 is 0. The summed E-state index contributed by atoms with van der Waals surface area (Å²) in [5.41, 5.74) is 3.57. The fourth-order valence-corrected chi connectivity index (χ4v) is 2.22. The largest absolute Gasteiger partial charge is 0.497 e. The molecule has 0 bridgehead atoms. The second-order valence-corrected chi connectivity index (χ2v) is 4.52. The Balaban J connectivity index is 2.48. The molecule has 0 radical (unpaired) electrons. The molecule has 0 unspecified atom stereocenters. The first-order valence-corrected chi connectivity index (χ1v) is 6.59. The molecule has 0 atom stereocenters. The first kappa shape index (κ1) is 13.5. The Bertz CT molecular complexity index is 547. The van der Waals surface area contributed by atoms with E-state index in [-0.39, 0.29) is 0 Å². The average molecular weight is 256 g/mol. The van der Waals surface area contributed by atoms with Crippen molar-refractivity contribution in [3.05, 3.63) is 48.0 Å². The van der Waals surface area contributed by atoms with Crippen LogP contribution < -0.4 is 9.47 Å². The Morgan fingerprint density at radius 2 is 1.79 bits per heavy atom. The molecule has 0 saturated carbocycles. The second-order valence-electron chi connectivity index (χ2n) is 4.52. The first-order valence-electron chi connectivity index (χ1n) is 6.59. The van der Waals surface area contributed by atoms with Crippen molar-refractivity contribution >= 4 is 0 Å². The van der Waals surface area contributed by atoms with Crippen molar-refractivity contribution < 1.29 is 9.47 Å². The van der Waals surface area contributed by atoms with Crippen LogP contribution >= 0.6 is 0 Å². The minimum absolute atomic E-state index is 0.862. The molecule has 0 aliphatic rings. The Morgan fingerprint density at radius 3 is 2.47 bits per heavy atom. The monoisotopic (exact) mass is 256 g/mol. The molecule has 0 aliphatic carbocycles. The molecular formula is C17H20O2. The quantitative estimate of drug-likeness (QED) is 0.793. The molecule has 2 rings (SSSR count). The van der Waals surface area contributed by atoms with Crippen molar-refractivity contribution in [2.75, 3.05) is 14.2 Å². The fourth-order valence-electron chi connectivity index (χ4n) is 2.22. The van der Waals surface area contributed by atoms with E-state index in [0.717, 1.165) is 35.5 Å². The van der Waals surface area contributed by atoms with E-state index in [1.165, 1.54) is 5.56 Å². The summed E-state index contributed by atoms with van der Waals surface area (Å²) in [7, 11) is 3.39. The summed E-state index contributed by atoms with van der Waals surface area (Å²) in [6, 6.07) is 14.4. The summed E-state index contributed by atoms with van der Waals surface area (Å²) in [6.45, 7) is 2.19. The van der Waals surface area contributed by atoms with Crippen LogP contribution in [0.15, 0.2) is 42.5 Å². The van der Waals surface area contributed by atoms with E-state index in [9.17, 15) is 0 Å². The molecule has 2 nitrogen and oxygen atoms in total. The third-order valence-electron chi connectivity index (χ3n) is 3.18. The Kier molecular flexibility index (Phi) is 4.45.